The second-order valence-corrected chi connectivity index (χ2v) is 5.16. The van der Waals surface area contributed by atoms with E-state index in [1.807, 2.05) is 0 Å². The zero-order valence-corrected chi connectivity index (χ0v) is 10.6. The van der Waals surface area contributed by atoms with Crippen molar-refractivity contribution in [2.75, 3.05) is 26.8 Å². The van der Waals surface area contributed by atoms with Crippen molar-refractivity contribution in [3.63, 3.8) is 0 Å². The molecule has 0 radical (unpaired) electrons. The Morgan fingerprint density at radius 1 is 1.33 bits per heavy atom. The van der Waals surface area contributed by atoms with Gasteiger partial charge in [-0.2, -0.15) is 0 Å². The number of unbranched alkanes of at least 4 members (excludes halogenated alkanes) is 1. The van der Waals surface area contributed by atoms with Gasteiger partial charge in [0.15, 0.2) is 0 Å². The van der Waals surface area contributed by atoms with Crippen LogP contribution < -0.4 is 5.32 Å². The van der Waals surface area contributed by atoms with E-state index in [0.29, 0.717) is 5.41 Å². The number of rotatable bonds is 9. The minimum absolute atomic E-state index is 0.545. The van der Waals surface area contributed by atoms with Crippen molar-refractivity contribution in [2.24, 2.45) is 11.3 Å². The van der Waals surface area contributed by atoms with Crippen molar-refractivity contribution in [3.05, 3.63) is 0 Å². The molecule has 1 saturated carbocycles. The molecule has 0 spiro atoms. The number of hydrogen-bond donors (Lipinski definition) is 1. The van der Waals surface area contributed by atoms with Crippen LogP contribution in [-0.4, -0.2) is 26.8 Å². The van der Waals surface area contributed by atoms with Crippen molar-refractivity contribution in [2.45, 2.75) is 46.0 Å². The molecule has 0 bridgehead atoms. The van der Waals surface area contributed by atoms with Crippen LogP contribution in [0.25, 0.3) is 0 Å². The second-order valence-electron chi connectivity index (χ2n) is 5.16. The predicted octanol–water partition coefficient (Wildman–Crippen LogP) is 2.83. The first-order valence-corrected chi connectivity index (χ1v) is 6.42. The number of nitrogens with one attached hydrogen (secondary N) is 1. The number of methoxy groups -OCH3 is 1. The Balaban J connectivity index is 2.22. The maximum absolute atomic E-state index is 5.10. The van der Waals surface area contributed by atoms with Crippen LogP contribution in [0.1, 0.15) is 46.0 Å². The summed E-state index contributed by atoms with van der Waals surface area (Å²) in [5.74, 6) is 0.985. The summed E-state index contributed by atoms with van der Waals surface area (Å²) in [7, 11) is 1.79. The molecule has 1 rings (SSSR count). The molecule has 0 aromatic rings. The largest absolute Gasteiger partial charge is 0.385 e. The van der Waals surface area contributed by atoms with Gasteiger partial charge in [0.1, 0.15) is 0 Å². The van der Waals surface area contributed by atoms with Gasteiger partial charge in [-0.25, -0.2) is 0 Å². The lowest BCUT2D eigenvalue weighted by molar-refractivity contribution is 0.176. The fraction of sp³-hybridized carbons (Fsp3) is 1.00. The van der Waals surface area contributed by atoms with E-state index < -0.39 is 0 Å². The molecule has 15 heavy (non-hydrogen) atoms. The Morgan fingerprint density at radius 3 is 2.60 bits per heavy atom. The van der Waals surface area contributed by atoms with Gasteiger partial charge in [0, 0.05) is 20.3 Å². The van der Waals surface area contributed by atoms with Gasteiger partial charge in [0.2, 0.25) is 0 Å². The topological polar surface area (TPSA) is 21.3 Å². The number of hydrogen-bond acceptors (Lipinski definition) is 2. The molecule has 2 nitrogen and oxygen atoms in total. The quantitative estimate of drug-likeness (QED) is 0.595. The highest BCUT2D eigenvalue weighted by atomic mass is 16.5. The fourth-order valence-corrected chi connectivity index (χ4v) is 2.40. The smallest absolute Gasteiger partial charge is 0.0462 e. The maximum atomic E-state index is 5.10. The molecule has 0 saturated heterocycles. The molecule has 0 aromatic carbocycles. The molecule has 1 fully saturated rings. The molecule has 0 aromatic heterocycles. The average molecular weight is 213 g/mol. The van der Waals surface area contributed by atoms with E-state index in [0.717, 1.165) is 19.1 Å². The zero-order chi connectivity index (χ0) is 11.1. The summed E-state index contributed by atoms with van der Waals surface area (Å²) < 4.78 is 5.10. The third kappa shape index (κ3) is 4.52. The van der Waals surface area contributed by atoms with Gasteiger partial charge in [-0.1, -0.05) is 20.3 Å². The molecular weight excluding hydrogens is 186 g/mol. The molecule has 1 unspecified atom stereocenters. The first-order valence-electron chi connectivity index (χ1n) is 6.42. The Labute approximate surface area is 94.8 Å². The summed E-state index contributed by atoms with van der Waals surface area (Å²) in [5, 5.41) is 3.52. The van der Waals surface area contributed by atoms with Crippen molar-refractivity contribution in [1.29, 1.82) is 0 Å². The molecule has 0 amide bonds. The van der Waals surface area contributed by atoms with Crippen LogP contribution in [0.2, 0.25) is 0 Å². The lowest BCUT2D eigenvalue weighted by atomic mass is 9.80. The van der Waals surface area contributed by atoms with Crippen molar-refractivity contribution >= 4 is 0 Å². The summed E-state index contributed by atoms with van der Waals surface area (Å²) in [4.78, 5) is 0. The Morgan fingerprint density at radius 2 is 2.07 bits per heavy atom. The zero-order valence-electron chi connectivity index (χ0n) is 10.6. The van der Waals surface area contributed by atoms with Crippen LogP contribution in [0.5, 0.6) is 0 Å². The van der Waals surface area contributed by atoms with E-state index >= 15 is 0 Å². The minimum Gasteiger partial charge on any atom is -0.385 e. The van der Waals surface area contributed by atoms with Gasteiger partial charge in [0.25, 0.3) is 0 Å². The maximum Gasteiger partial charge on any atom is 0.0462 e. The molecule has 1 aliphatic carbocycles. The highest BCUT2D eigenvalue weighted by molar-refractivity contribution is 4.92. The SMILES string of the molecule is CCNCC(C)(CCCCOC)C1CC1. The molecule has 1 atom stereocenters. The first kappa shape index (κ1) is 13.0. The fourth-order valence-electron chi connectivity index (χ4n) is 2.40. The average Bonchev–Trinajstić information content (AvgIpc) is 3.05. The van der Waals surface area contributed by atoms with Gasteiger partial charge in [0.05, 0.1) is 0 Å². The van der Waals surface area contributed by atoms with Crippen molar-refractivity contribution in [3.8, 4) is 0 Å². The third-order valence-electron chi connectivity index (χ3n) is 3.69. The molecule has 0 aliphatic heterocycles. The predicted molar refractivity (Wildman–Crippen MR) is 65.1 cm³/mol. The summed E-state index contributed by atoms with van der Waals surface area (Å²) >= 11 is 0. The summed E-state index contributed by atoms with van der Waals surface area (Å²) in [6, 6.07) is 0. The van der Waals surface area contributed by atoms with E-state index in [4.69, 9.17) is 4.74 Å². The van der Waals surface area contributed by atoms with Gasteiger partial charge in [-0.3, -0.25) is 0 Å². The standard InChI is InChI=1S/C13H27NO/c1-4-14-11-13(2,12-7-8-12)9-5-6-10-15-3/h12,14H,4-11H2,1-3H3. The van der Waals surface area contributed by atoms with Gasteiger partial charge >= 0.3 is 0 Å². The Bertz CT molecular complexity index is 168. The molecule has 1 aliphatic rings. The highest BCUT2D eigenvalue weighted by Gasteiger charge is 2.40. The molecular formula is C13H27NO. The van der Waals surface area contributed by atoms with Crippen LogP contribution >= 0.6 is 0 Å². The molecule has 0 heterocycles. The lowest BCUT2D eigenvalue weighted by Gasteiger charge is -2.30. The summed E-state index contributed by atoms with van der Waals surface area (Å²) in [6.07, 6.45) is 6.78. The molecule has 1 N–H and O–H groups in total. The number of ether oxygens (including phenoxy) is 1. The van der Waals surface area contributed by atoms with E-state index in [1.54, 1.807) is 7.11 Å². The normalized spacial score (nSPS) is 20.2. The van der Waals surface area contributed by atoms with E-state index in [9.17, 15) is 0 Å². The van der Waals surface area contributed by atoms with Crippen molar-refractivity contribution in [1.82, 2.24) is 5.32 Å². The second kappa shape index (κ2) is 6.49. The highest BCUT2D eigenvalue weighted by Crippen LogP contribution is 2.47. The van der Waals surface area contributed by atoms with E-state index in [2.05, 4.69) is 19.2 Å². The molecule has 90 valence electrons. The van der Waals surface area contributed by atoms with Gasteiger partial charge in [-0.05, 0) is 43.6 Å². The summed E-state index contributed by atoms with van der Waals surface area (Å²) in [5.41, 5.74) is 0.545. The Hall–Kier alpha value is -0.0800. The third-order valence-corrected chi connectivity index (χ3v) is 3.69. The Kier molecular flexibility index (Phi) is 5.62. The minimum atomic E-state index is 0.545. The summed E-state index contributed by atoms with van der Waals surface area (Å²) in [6.45, 7) is 7.86. The van der Waals surface area contributed by atoms with E-state index in [-0.39, 0.29) is 0 Å². The van der Waals surface area contributed by atoms with Crippen LogP contribution in [-0.2, 0) is 4.74 Å². The van der Waals surface area contributed by atoms with E-state index in [1.165, 1.54) is 38.6 Å². The first-order chi connectivity index (χ1) is 7.23. The van der Waals surface area contributed by atoms with Gasteiger partial charge in [-0.15, -0.1) is 0 Å². The van der Waals surface area contributed by atoms with Crippen LogP contribution in [0.4, 0.5) is 0 Å². The molecule has 2 heteroatoms. The van der Waals surface area contributed by atoms with Crippen molar-refractivity contribution < 1.29 is 4.74 Å². The monoisotopic (exact) mass is 213 g/mol. The van der Waals surface area contributed by atoms with Crippen LogP contribution in [0.15, 0.2) is 0 Å². The lowest BCUT2D eigenvalue weighted by Crippen LogP contribution is -2.33. The van der Waals surface area contributed by atoms with Crippen LogP contribution in [0.3, 0.4) is 0 Å². The van der Waals surface area contributed by atoms with Gasteiger partial charge < -0.3 is 10.1 Å². The van der Waals surface area contributed by atoms with Crippen LogP contribution in [0, 0.1) is 11.3 Å².